The second-order valence-electron chi connectivity index (χ2n) is 4.22. The Hall–Kier alpha value is -1.83. The predicted molar refractivity (Wildman–Crippen MR) is 64.2 cm³/mol. The molecule has 0 amide bonds. The van der Waals surface area contributed by atoms with Gasteiger partial charge in [0.05, 0.1) is 18.3 Å². The van der Waals surface area contributed by atoms with Crippen LogP contribution in [0.25, 0.3) is 11.0 Å². The maximum Gasteiger partial charge on any atom is 0.390 e. The van der Waals surface area contributed by atoms with Crippen LogP contribution < -0.4 is 9.49 Å². The van der Waals surface area contributed by atoms with Crippen molar-refractivity contribution in [3.05, 3.63) is 34.7 Å². The molecule has 3 rings (SSSR count). The summed E-state index contributed by atoms with van der Waals surface area (Å²) in [6, 6.07) is 6.83. The molecule has 94 valence electrons. The Morgan fingerprint density at radius 3 is 2.72 bits per heavy atom. The molecular weight excluding hydrogens is 236 g/mol. The summed E-state index contributed by atoms with van der Waals surface area (Å²) < 4.78 is 4.45. The van der Waals surface area contributed by atoms with E-state index in [1.54, 1.807) is 24.3 Å². The van der Waals surface area contributed by atoms with Gasteiger partial charge in [-0.05, 0) is 10.9 Å². The molecule has 7 nitrogen and oxygen atoms in total. The highest BCUT2D eigenvalue weighted by molar-refractivity contribution is 5.71. The number of benzene rings is 1. The maximum atomic E-state index is 12.5. The largest absolute Gasteiger partial charge is 0.625 e. The van der Waals surface area contributed by atoms with E-state index in [1.165, 1.54) is 0 Å². The number of hydrogen-bond donors (Lipinski definition) is 0. The zero-order valence-electron chi connectivity index (χ0n) is 9.65. The fraction of sp³-hybridized carbons (Fsp3) is 0.364. The molecule has 0 aliphatic carbocycles. The van der Waals surface area contributed by atoms with E-state index < -0.39 is 4.65 Å². The average Bonchev–Trinajstić information content (AvgIpc) is 2.39. The van der Waals surface area contributed by atoms with E-state index in [0.29, 0.717) is 29.1 Å². The van der Waals surface area contributed by atoms with Gasteiger partial charge in [0.15, 0.2) is 0 Å². The van der Waals surface area contributed by atoms with Gasteiger partial charge in [0.1, 0.15) is 18.6 Å². The van der Waals surface area contributed by atoms with E-state index in [4.69, 9.17) is 4.74 Å². The molecule has 0 unspecified atom stereocenters. The highest BCUT2D eigenvalue weighted by Crippen LogP contribution is 2.19. The third-order valence-corrected chi connectivity index (χ3v) is 3.05. The number of nitrogens with zero attached hydrogens (tertiary/aromatic N) is 4. The average molecular weight is 248 g/mol. The molecule has 2 aromatic rings. The minimum Gasteiger partial charge on any atom is -0.625 e. The number of ether oxygens (including phenoxy) is 1. The molecular formula is C11H12N4O3. The van der Waals surface area contributed by atoms with Crippen molar-refractivity contribution < 1.29 is 9.58 Å². The molecule has 7 heteroatoms. The van der Waals surface area contributed by atoms with Crippen LogP contribution in [0.5, 0.6) is 0 Å². The number of hydrogen-bond acceptors (Lipinski definition) is 5. The Kier molecular flexibility index (Phi) is 2.58. The lowest BCUT2D eigenvalue weighted by Crippen LogP contribution is -2.54. The van der Waals surface area contributed by atoms with E-state index in [1.807, 2.05) is 0 Å². The van der Waals surface area contributed by atoms with Crippen LogP contribution in [0, 0.1) is 10.4 Å². The van der Waals surface area contributed by atoms with Crippen LogP contribution in [-0.2, 0) is 4.74 Å². The van der Waals surface area contributed by atoms with Crippen molar-refractivity contribution in [1.29, 1.82) is 0 Å². The van der Waals surface area contributed by atoms with Crippen molar-refractivity contribution >= 4 is 17.0 Å². The van der Waals surface area contributed by atoms with Crippen molar-refractivity contribution in [3.8, 4) is 0 Å². The molecule has 2 heterocycles. The van der Waals surface area contributed by atoms with Crippen LogP contribution in [0.15, 0.2) is 24.3 Å². The summed E-state index contributed by atoms with van der Waals surface area (Å²) in [4.78, 5) is 4.67. The van der Waals surface area contributed by atoms with E-state index >= 15 is 0 Å². The van der Waals surface area contributed by atoms with E-state index in [0.717, 1.165) is 0 Å². The molecule has 0 N–H and O–H groups in total. The second-order valence-corrected chi connectivity index (χ2v) is 4.22. The number of fused-ring (bicyclic) bond motifs is 1. The summed E-state index contributed by atoms with van der Waals surface area (Å²) in [6.07, 6.45) is 0. The summed E-state index contributed by atoms with van der Waals surface area (Å²) in [5.41, 5.74) is 0.846. The van der Waals surface area contributed by atoms with Gasteiger partial charge < -0.3 is 15.2 Å². The lowest BCUT2D eigenvalue weighted by atomic mass is 10.3. The summed E-state index contributed by atoms with van der Waals surface area (Å²) >= 11 is 0. The number of aromatic nitrogens is 3. The lowest BCUT2D eigenvalue weighted by Gasteiger charge is -2.40. The molecule has 1 aromatic carbocycles. The van der Waals surface area contributed by atoms with Gasteiger partial charge in [0.2, 0.25) is 0 Å². The fourth-order valence-corrected chi connectivity index (χ4v) is 2.00. The molecule has 0 radical (unpaired) electrons. The number of hydroxylamine groups is 2. The second kappa shape index (κ2) is 4.13. The first-order valence-electron chi connectivity index (χ1n) is 5.72. The summed E-state index contributed by atoms with van der Waals surface area (Å²) in [7, 11) is 0. The Morgan fingerprint density at radius 1 is 1.22 bits per heavy atom. The van der Waals surface area contributed by atoms with E-state index in [-0.39, 0.29) is 19.0 Å². The van der Waals surface area contributed by atoms with Gasteiger partial charge in [-0.2, -0.15) is 4.98 Å². The van der Waals surface area contributed by atoms with Crippen LogP contribution in [0.2, 0.25) is 0 Å². The minimum absolute atomic E-state index is 0.00648. The SMILES string of the molecule is [O-][n+]1nc([N+]2([O-])CCOCC2)nc2ccccc21. The van der Waals surface area contributed by atoms with Crippen molar-refractivity contribution in [1.82, 2.24) is 14.7 Å². The number of morpholine rings is 1. The molecule has 1 aliphatic rings. The number of rotatable bonds is 1. The minimum atomic E-state index is -0.701. The van der Waals surface area contributed by atoms with Gasteiger partial charge in [0, 0.05) is 6.07 Å². The molecule has 1 fully saturated rings. The zero-order valence-corrected chi connectivity index (χ0v) is 9.65. The van der Waals surface area contributed by atoms with Crippen LogP contribution in [0.3, 0.4) is 0 Å². The third-order valence-electron chi connectivity index (χ3n) is 3.05. The molecule has 1 aliphatic heterocycles. The first-order chi connectivity index (χ1) is 8.69. The fourth-order valence-electron chi connectivity index (χ4n) is 2.00. The lowest BCUT2D eigenvalue weighted by molar-refractivity contribution is -0.642. The topological polar surface area (TPSA) is 85.0 Å². The smallest absolute Gasteiger partial charge is 0.390 e. The van der Waals surface area contributed by atoms with Gasteiger partial charge in [-0.15, -0.1) is 0 Å². The first-order valence-corrected chi connectivity index (χ1v) is 5.72. The normalized spacial score (nSPS) is 18.9. The van der Waals surface area contributed by atoms with Gasteiger partial charge in [-0.25, -0.2) is 0 Å². The molecule has 0 atom stereocenters. The van der Waals surface area contributed by atoms with Crippen LogP contribution in [0.1, 0.15) is 0 Å². The predicted octanol–water partition coefficient (Wildman–Crippen LogP) is 0.0985. The Labute approximate surface area is 103 Å². The van der Waals surface area contributed by atoms with Gasteiger partial charge in [-0.3, -0.25) is 4.65 Å². The van der Waals surface area contributed by atoms with E-state index in [9.17, 15) is 10.4 Å². The standard InChI is InChI=1S/C11H12N4O3/c16-14-10-4-2-1-3-9(10)12-11(13-14)15(17)5-7-18-8-6-15/h1-4H,5-8H2. The van der Waals surface area contributed by atoms with Gasteiger partial charge in [0.25, 0.3) is 5.52 Å². The van der Waals surface area contributed by atoms with Crippen LogP contribution >= 0.6 is 0 Å². The van der Waals surface area contributed by atoms with Crippen molar-refractivity contribution in [3.63, 3.8) is 0 Å². The molecule has 1 saturated heterocycles. The van der Waals surface area contributed by atoms with Gasteiger partial charge in [-0.1, -0.05) is 12.1 Å². The van der Waals surface area contributed by atoms with Crippen molar-refractivity contribution in [2.45, 2.75) is 0 Å². The van der Waals surface area contributed by atoms with E-state index in [2.05, 4.69) is 10.1 Å². The Bertz CT molecular complexity index is 584. The summed E-state index contributed by atoms with van der Waals surface area (Å²) in [5.74, 6) is 0.00648. The molecule has 0 spiro atoms. The highest BCUT2D eigenvalue weighted by atomic mass is 16.6. The zero-order chi connectivity index (χ0) is 12.6. The van der Waals surface area contributed by atoms with Crippen molar-refractivity contribution in [2.24, 2.45) is 0 Å². The van der Waals surface area contributed by atoms with Gasteiger partial charge >= 0.3 is 5.95 Å². The first kappa shape index (κ1) is 11.3. The summed E-state index contributed by atoms with van der Waals surface area (Å²) in [5, 5.41) is 28.0. The molecule has 0 bridgehead atoms. The quantitative estimate of drug-likeness (QED) is 0.406. The Balaban J connectivity index is 2.12. The molecule has 0 saturated carbocycles. The third kappa shape index (κ3) is 1.78. The van der Waals surface area contributed by atoms with Crippen LogP contribution in [0.4, 0.5) is 5.95 Å². The molecule has 1 aromatic heterocycles. The monoisotopic (exact) mass is 248 g/mol. The Morgan fingerprint density at radius 2 is 1.94 bits per heavy atom. The van der Waals surface area contributed by atoms with Crippen molar-refractivity contribution in [2.75, 3.05) is 26.3 Å². The number of quaternary nitrogens is 1. The summed E-state index contributed by atoms with van der Waals surface area (Å²) in [6.45, 7) is 1.19. The molecule has 18 heavy (non-hydrogen) atoms. The highest BCUT2D eigenvalue weighted by Gasteiger charge is 2.30. The number of para-hydroxylation sites is 2. The van der Waals surface area contributed by atoms with Crippen LogP contribution in [-0.4, -0.2) is 36.4 Å². The maximum absolute atomic E-state index is 12.5.